The molecule has 3 atom stereocenters. The minimum absolute atomic E-state index is 0.116. The number of carbonyl (C=O) groups is 4. The lowest BCUT2D eigenvalue weighted by Gasteiger charge is -2.26. The Balaban J connectivity index is 5.34. The highest BCUT2D eigenvalue weighted by molar-refractivity contribution is 5.93. The third-order valence-electron chi connectivity index (χ3n) is 4.35. The Hall–Kier alpha value is -2.20. The van der Waals surface area contributed by atoms with Gasteiger partial charge in [0.15, 0.2) is 0 Å². The summed E-state index contributed by atoms with van der Waals surface area (Å²) in [5, 5.41) is 17.0. The van der Waals surface area contributed by atoms with E-state index < -0.39 is 41.8 Å². The molecule has 0 aliphatic rings. The van der Waals surface area contributed by atoms with E-state index in [4.69, 9.17) is 11.5 Å². The molecule has 0 spiro atoms. The van der Waals surface area contributed by atoms with E-state index in [1.54, 1.807) is 13.8 Å². The van der Waals surface area contributed by atoms with Crippen LogP contribution >= 0.6 is 0 Å². The molecule has 0 bridgehead atoms. The number of hydrogen-bond acceptors (Lipinski definition) is 6. The van der Waals surface area contributed by atoms with Gasteiger partial charge in [0.1, 0.15) is 18.1 Å². The fourth-order valence-electron chi connectivity index (χ4n) is 2.76. The highest BCUT2D eigenvalue weighted by Crippen LogP contribution is 2.09. The van der Waals surface area contributed by atoms with E-state index in [0.717, 1.165) is 0 Å². The zero-order valence-electron chi connectivity index (χ0n) is 17.9. The molecule has 8 N–H and O–H groups in total. The molecule has 3 amide bonds. The lowest BCUT2D eigenvalue weighted by Crippen LogP contribution is -2.57. The summed E-state index contributed by atoms with van der Waals surface area (Å²) in [7, 11) is 0. The monoisotopic (exact) mass is 415 g/mol. The van der Waals surface area contributed by atoms with E-state index in [9.17, 15) is 24.3 Å². The van der Waals surface area contributed by atoms with Crippen molar-refractivity contribution in [3.8, 4) is 0 Å². The lowest BCUT2D eigenvalue weighted by atomic mass is 10.0. The standard InChI is InChI=1S/C19H37N5O5/c1-11(2)9-14(22-15(25)10-21)18(27)23-13(7-5-6-8-20)17(26)24-16(12(3)4)19(28)29/h11-14,16H,5-10,20-21H2,1-4H3,(H,22,25)(H,23,27)(H,24,26)(H,28,29). The van der Waals surface area contributed by atoms with Crippen LogP contribution in [0.4, 0.5) is 0 Å². The zero-order chi connectivity index (χ0) is 22.6. The zero-order valence-corrected chi connectivity index (χ0v) is 17.9. The summed E-state index contributed by atoms with van der Waals surface area (Å²) in [4.78, 5) is 48.5. The molecule has 0 radical (unpaired) electrons. The second kappa shape index (κ2) is 13.9. The maximum atomic E-state index is 12.7. The van der Waals surface area contributed by atoms with Gasteiger partial charge in [-0.3, -0.25) is 14.4 Å². The second-order valence-corrected chi connectivity index (χ2v) is 7.87. The Kier molecular flexibility index (Phi) is 12.8. The smallest absolute Gasteiger partial charge is 0.326 e. The quantitative estimate of drug-likeness (QED) is 0.203. The Labute approximate surface area is 172 Å². The molecule has 0 aliphatic carbocycles. The van der Waals surface area contributed by atoms with E-state index in [1.807, 2.05) is 13.8 Å². The number of carboxylic acid groups (broad SMARTS) is 1. The number of nitrogens with one attached hydrogen (secondary N) is 3. The molecule has 0 aromatic rings. The molecule has 0 saturated heterocycles. The molecule has 10 nitrogen and oxygen atoms in total. The Morgan fingerprint density at radius 3 is 1.90 bits per heavy atom. The number of amides is 3. The SMILES string of the molecule is CC(C)CC(NC(=O)CN)C(=O)NC(CCCCN)C(=O)NC(C(=O)O)C(C)C. The van der Waals surface area contributed by atoms with Gasteiger partial charge >= 0.3 is 5.97 Å². The van der Waals surface area contributed by atoms with Crippen molar-refractivity contribution in [3.63, 3.8) is 0 Å². The first kappa shape index (κ1) is 26.8. The van der Waals surface area contributed by atoms with Gasteiger partial charge in [-0.25, -0.2) is 4.79 Å². The molecule has 29 heavy (non-hydrogen) atoms. The highest BCUT2D eigenvalue weighted by Gasteiger charge is 2.30. The van der Waals surface area contributed by atoms with Crippen molar-refractivity contribution in [2.75, 3.05) is 13.1 Å². The molecule has 10 heteroatoms. The van der Waals surface area contributed by atoms with Crippen molar-refractivity contribution in [1.82, 2.24) is 16.0 Å². The van der Waals surface area contributed by atoms with Crippen LogP contribution in [0.3, 0.4) is 0 Å². The molecule has 3 unspecified atom stereocenters. The predicted octanol–water partition coefficient (Wildman–Crippen LogP) is -0.685. The lowest BCUT2D eigenvalue weighted by molar-refractivity contribution is -0.143. The molecule has 0 saturated carbocycles. The van der Waals surface area contributed by atoms with E-state index >= 15 is 0 Å². The van der Waals surface area contributed by atoms with Crippen LogP contribution in [0.2, 0.25) is 0 Å². The average molecular weight is 416 g/mol. The van der Waals surface area contributed by atoms with Crippen LogP contribution in [-0.2, 0) is 19.2 Å². The van der Waals surface area contributed by atoms with Crippen LogP contribution in [0.15, 0.2) is 0 Å². The summed E-state index contributed by atoms with van der Waals surface area (Å²) in [6.07, 6.45) is 1.92. The number of unbranched alkanes of at least 4 members (excludes halogenated alkanes) is 1. The summed E-state index contributed by atoms with van der Waals surface area (Å²) in [6.45, 7) is 7.36. The maximum absolute atomic E-state index is 12.7. The van der Waals surface area contributed by atoms with Gasteiger partial charge in [-0.15, -0.1) is 0 Å². The molecule has 0 aliphatic heterocycles. The number of rotatable bonds is 14. The van der Waals surface area contributed by atoms with Crippen molar-refractivity contribution < 1.29 is 24.3 Å². The Morgan fingerprint density at radius 2 is 1.45 bits per heavy atom. The number of aliphatic carboxylic acids is 1. The second-order valence-electron chi connectivity index (χ2n) is 7.87. The number of carbonyl (C=O) groups excluding carboxylic acids is 3. The highest BCUT2D eigenvalue weighted by atomic mass is 16.4. The van der Waals surface area contributed by atoms with Crippen molar-refractivity contribution >= 4 is 23.7 Å². The normalized spacial score (nSPS) is 14.2. The van der Waals surface area contributed by atoms with Crippen molar-refractivity contribution in [2.45, 2.75) is 71.5 Å². The molecule has 0 aromatic heterocycles. The van der Waals surface area contributed by atoms with Gasteiger partial charge in [0.2, 0.25) is 17.7 Å². The van der Waals surface area contributed by atoms with Crippen LogP contribution < -0.4 is 27.4 Å². The summed E-state index contributed by atoms with van der Waals surface area (Å²) in [5.41, 5.74) is 10.8. The summed E-state index contributed by atoms with van der Waals surface area (Å²) >= 11 is 0. The van der Waals surface area contributed by atoms with Gasteiger partial charge < -0.3 is 32.5 Å². The van der Waals surface area contributed by atoms with Crippen molar-refractivity contribution in [3.05, 3.63) is 0 Å². The summed E-state index contributed by atoms with van der Waals surface area (Å²) in [5.74, 6) is -2.91. The number of nitrogens with two attached hydrogens (primary N) is 2. The Morgan fingerprint density at radius 1 is 0.862 bits per heavy atom. The van der Waals surface area contributed by atoms with Crippen LogP contribution in [-0.4, -0.2) is 60.0 Å². The van der Waals surface area contributed by atoms with Gasteiger partial charge in [0.05, 0.1) is 6.54 Å². The van der Waals surface area contributed by atoms with Crippen molar-refractivity contribution in [2.24, 2.45) is 23.3 Å². The van der Waals surface area contributed by atoms with Gasteiger partial charge in [0, 0.05) is 0 Å². The minimum atomic E-state index is -1.15. The maximum Gasteiger partial charge on any atom is 0.326 e. The minimum Gasteiger partial charge on any atom is -0.480 e. The van der Waals surface area contributed by atoms with E-state index in [-0.39, 0.29) is 18.4 Å². The molecule has 0 rings (SSSR count). The summed E-state index contributed by atoms with van der Waals surface area (Å²) in [6, 6.07) is -2.84. The van der Waals surface area contributed by atoms with E-state index in [1.165, 1.54) is 0 Å². The molecule has 0 fully saturated rings. The first-order valence-electron chi connectivity index (χ1n) is 10.1. The van der Waals surface area contributed by atoms with Gasteiger partial charge in [-0.05, 0) is 44.1 Å². The van der Waals surface area contributed by atoms with E-state index in [2.05, 4.69) is 16.0 Å². The fourth-order valence-corrected chi connectivity index (χ4v) is 2.76. The summed E-state index contributed by atoms with van der Waals surface area (Å²) < 4.78 is 0. The number of hydrogen-bond donors (Lipinski definition) is 6. The molecular weight excluding hydrogens is 378 g/mol. The van der Waals surface area contributed by atoms with Crippen LogP contribution in [0.25, 0.3) is 0 Å². The van der Waals surface area contributed by atoms with Crippen LogP contribution in [0, 0.1) is 11.8 Å². The predicted molar refractivity (Wildman–Crippen MR) is 110 cm³/mol. The first-order valence-corrected chi connectivity index (χ1v) is 10.1. The molecule has 168 valence electrons. The van der Waals surface area contributed by atoms with Gasteiger partial charge in [0.25, 0.3) is 0 Å². The van der Waals surface area contributed by atoms with E-state index in [0.29, 0.717) is 32.2 Å². The third kappa shape index (κ3) is 10.8. The van der Waals surface area contributed by atoms with Crippen molar-refractivity contribution in [1.29, 1.82) is 0 Å². The van der Waals surface area contributed by atoms with Crippen LogP contribution in [0.1, 0.15) is 53.4 Å². The Bertz CT molecular complexity index is 553. The molecule has 0 aromatic carbocycles. The fraction of sp³-hybridized carbons (Fsp3) is 0.789. The largest absolute Gasteiger partial charge is 0.480 e. The van der Waals surface area contributed by atoms with Crippen LogP contribution in [0.5, 0.6) is 0 Å². The third-order valence-corrected chi connectivity index (χ3v) is 4.35. The topological polar surface area (TPSA) is 177 Å². The first-order chi connectivity index (χ1) is 13.5. The van der Waals surface area contributed by atoms with Gasteiger partial charge in [-0.1, -0.05) is 27.7 Å². The average Bonchev–Trinajstić information content (AvgIpc) is 2.63. The molecular formula is C19H37N5O5. The molecule has 0 heterocycles. The number of carboxylic acids is 1. The van der Waals surface area contributed by atoms with Gasteiger partial charge in [-0.2, -0.15) is 0 Å².